The van der Waals surface area contributed by atoms with Gasteiger partial charge in [0, 0.05) is 12.6 Å². The first-order valence-corrected chi connectivity index (χ1v) is 4.71. The van der Waals surface area contributed by atoms with E-state index in [1.54, 1.807) is 6.07 Å². The summed E-state index contributed by atoms with van der Waals surface area (Å²) in [5, 5.41) is 10.7. The molecule has 1 aliphatic carbocycles. The van der Waals surface area contributed by atoms with Crippen molar-refractivity contribution >= 4 is 5.82 Å². The molecule has 6 heteroatoms. The zero-order chi connectivity index (χ0) is 10.8. The topological polar surface area (TPSA) is 91.3 Å². The van der Waals surface area contributed by atoms with Crippen molar-refractivity contribution in [1.82, 2.24) is 4.98 Å². The average Bonchev–Trinajstić information content (AvgIpc) is 3.01. The molecule has 80 valence electrons. The predicted octanol–water partition coefficient (Wildman–Crippen LogP) is 0.990. The molecule has 0 aliphatic heterocycles. The van der Waals surface area contributed by atoms with Gasteiger partial charge in [-0.3, -0.25) is 0 Å². The summed E-state index contributed by atoms with van der Waals surface area (Å²) in [6.07, 6.45) is 3.56. The van der Waals surface area contributed by atoms with Gasteiger partial charge in [0.15, 0.2) is 0 Å². The number of nitrogens with zero attached hydrogens (tertiary/aromatic N) is 2. The molecule has 6 nitrogen and oxygen atoms in total. The van der Waals surface area contributed by atoms with Gasteiger partial charge in [0.2, 0.25) is 0 Å². The van der Waals surface area contributed by atoms with Crippen molar-refractivity contribution in [3.05, 3.63) is 27.9 Å². The van der Waals surface area contributed by atoms with Crippen molar-refractivity contribution in [3.8, 4) is 5.75 Å². The second-order valence-corrected chi connectivity index (χ2v) is 3.39. The summed E-state index contributed by atoms with van der Waals surface area (Å²) < 4.78 is 5.51. The SMILES string of the molecule is NCc1c(OC2CC2)ccnc1[N+](=O)[O-]. The second kappa shape index (κ2) is 3.82. The molecule has 0 aromatic carbocycles. The first kappa shape index (κ1) is 9.85. The average molecular weight is 209 g/mol. The van der Waals surface area contributed by atoms with E-state index in [1.807, 2.05) is 0 Å². The standard InChI is InChI=1S/C9H11N3O3/c10-5-7-8(15-6-1-2-6)3-4-11-9(7)12(13)14/h3-4,6H,1-2,5,10H2. The molecular formula is C9H11N3O3. The Balaban J connectivity index is 2.34. The van der Waals surface area contributed by atoms with Gasteiger partial charge < -0.3 is 20.6 Å². The van der Waals surface area contributed by atoms with Crippen molar-refractivity contribution in [2.45, 2.75) is 25.5 Å². The lowest BCUT2D eigenvalue weighted by Gasteiger charge is -2.08. The predicted molar refractivity (Wildman–Crippen MR) is 52.4 cm³/mol. The summed E-state index contributed by atoms with van der Waals surface area (Å²) in [4.78, 5) is 13.8. The van der Waals surface area contributed by atoms with Crippen molar-refractivity contribution in [2.24, 2.45) is 5.73 Å². The molecule has 0 radical (unpaired) electrons. The summed E-state index contributed by atoms with van der Waals surface area (Å²) in [5.74, 6) is 0.275. The maximum absolute atomic E-state index is 10.7. The van der Waals surface area contributed by atoms with Crippen LogP contribution in [0.4, 0.5) is 5.82 Å². The van der Waals surface area contributed by atoms with Crippen LogP contribution in [0.25, 0.3) is 0 Å². The van der Waals surface area contributed by atoms with Gasteiger partial charge in [0.05, 0.1) is 6.10 Å². The monoisotopic (exact) mass is 209 g/mol. The Labute approximate surface area is 86.2 Å². The van der Waals surface area contributed by atoms with E-state index in [2.05, 4.69) is 4.98 Å². The van der Waals surface area contributed by atoms with Crippen LogP contribution in [-0.4, -0.2) is 16.0 Å². The van der Waals surface area contributed by atoms with Crippen LogP contribution in [0.5, 0.6) is 5.75 Å². The fourth-order valence-corrected chi connectivity index (χ4v) is 1.29. The number of aromatic nitrogens is 1. The van der Waals surface area contributed by atoms with Crippen LogP contribution in [0.1, 0.15) is 18.4 Å². The van der Waals surface area contributed by atoms with E-state index in [1.165, 1.54) is 6.20 Å². The fourth-order valence-electron chi connectivity index (χ4n) is 1.29. The first-order valence-electron chi connectivity index (χ1n) is 4.71. The van der Waals surface area contributed by atoms with Crippen molar-refractivity contribution in [2.75, 3.05) is 0 Å². The van der Waals surface area contributed by atoms with Gasteiger partial charge in [-0.25, -0.2) is 0 Å². The maximum atomic E-state index is 10.7. The number of rotatable bonds is 4. The third kappa shape index (κ3) is 2.04. The van der Waals surface area contributed by atoms with Crippen LogP contribution >= 0.6 is 0 Å². The van der Waals surface area contributed by atoms with E-state index in [9.17, 15) is 10.1 Å². The summed E-state index contributed by atoms with van der Waals surface area (Å²) in [7, 11) is 0. The number of hydrogen-bond acceptors (Lipinski definition) is 5. The van der Waals surface area contributed by atoms with Crippen LogP contribution in [0.15, 0.2) is 12.3 Å². The minimum absolute atomic E-state index is 0.0617. The van der Waals surface area contributed by atoms with E-state index in [0.29, 0.717) is 11.3 Å². The molecule has 1 heterocycles. The lowest BCUT2D eigenvalue weighted by molar-refractivity contribution is -0.390. The largest absolute Gasteiger partial charge is 0.490 e. The maximum Gasteiger partial charge on any atom is 0.371 e. The molecule has 2 rings (SSSR count). The Bertz CT molecular complexity index is 390. The second-order valence-electron chi connectivity index (χ2n) is 3.39. The van der Waals surface area contributed by atoms with Crippen LogP contribution in [0.2, 0.25) is 0 Å². The number of nitro groups is 1. The molecular weight excluding hydrogens is 198 g/mol. The van der Waals surface area contributed by atoms with Gasteiger partial charge in [-0.15, -0.1) is 0 Å². The minimum atomic E-state index is -0.540. The van der Waals surface area contributed by atoms with Crippen LogP contribution in [-0.2, 0) is 6.54 Å². The van der Waals surface area contributed by atoms with Gasteiger partial charge >= 0.3 is 5.82 Å². The number of nitrogens with two attached hydrogens (primary N) is 1. The van der Waals surface area contributed by atoms with Crippen LogP contribution < -0.4 is 10.5 Å². The van der Waals surface area contributed by atoms with Crippen LogP contribution in [0, 0.1) is 10.1 Å². The zero-order valence-corrected chi connectivity index (χ0v) is 8.05. The quantitative estimate of drug-likeness (QED) is 0.589. The fraction of sp³-hybridized carbons (Fsp3) is 0.444. The van der Waals surface area contributed by atoms with Crippen LogP contribution in [0.3, 0.4) is 0 Å². The molecule has 0 spiro atoms. The Morgan fingerprint density at radius 2 is 2.40 bits per heavy atom. The van der Waals surface area contributed by atoms with E-state index >= 15 is 0 Å². The highest BCUT2D eigenvalue weighted by atomic mass is 16.6. The highest BCUT2D eigenvalue weighted by molar-refractivity contribution is 5.43. The number of pyridine rings is 1. The third-order valence-corrected chi connectivity index (χ3v) is 2.19. The molecule has 1 fully saturated rings. The van der Waals surface area contributed by atoms with Gasteiger partial charge in [-0.1, -0.05) is 0 Å². The first-order chi connectivity index (χ1) is 7.22. The molecule has 0 bridgehead atoms. The molecule has 0 saturated heterocycles. The Morgan fingerprint density at radius 3 is 2.93 bits per heavy atom. The molecule has 0 atom stereocenters. The smallest absolute Gasteiger partial charge is 0.371 e. The Hall–Kier alpha value is -1.69. The lowest BCUT2D eigenvalue weighted by atomic mass is 10.2. The molecule has 1 aliphatic rings. The number of ether oxygens (including phenoxy) is 1. The Morgan fingerprint density at radius 1 is 1.67 bits per heavy atom. The molecule has 15 heavy (non-hydrogen) atoms. The summed E-state index contributed by atoms with van der Waals surface area (Å²) in [5.41, 5.74) is 5.83. The Kier molecular flexibility index (Phi) is 2.51. The van der Waals surface area contributed by atoms with Crippen molar-refractivity contribution in [3.63, 3.8) is 0 Å². The van der Waals surface area contributed by atoms with Gasteiger partial charge in [-0.05, 0) is 22.7 Å². The highest BCUT2D eigenvalue weighted by Crippen LogP contribution is 2.31. The van der Waals surface area contributed by atoms with Gasteiger partial charge in [0.1, 0.15) is 17.5 Å². The van der Waals surface area contributed by atoms with E-state index in [0.717, 1.165) is 12.8 Å². The number of hydrogen-bond donors (Lipinski definition) is 1. The lowest BCUT2D eigenvalue weighted by Crippen LogP contribution is -2.08. The molecule has 0 amide bonds. The van der Waals surface area contributed by atoms with E-state index in [-0.39, 0.29) is 18.5 Å². The van der Waals surface area contributed by atoms with Gasteiger partial charge in [-0.2, -0.15) is 0 Å². The molecule has 2 N–H and O–H groups in total. The minimum Gasteiger partial charge on any atom is -0.490 e. The molecule has 1 aromatic heterocycles. The highest BCUT2D eigenvalue weighted by Gasteiger charge is 2.27. The van der Waals surface area contributed by atoms with Gasteiger partial charge in [0.25, 0.3) is 0 Å². The molecule has 0 unspecified atom stereocenters. The van der Waals surface area contributed by atoms with Crippen molar-refractivity contribution < 1.29 is 9.66 Å². The van der Waals surface area contributed by atoms with E-state index in [4.69, 9.17) is 10.5 Å². The summed E-state index contributed by atoms with van der Waals surface area (Å²) in [6, 6.07) is 1.62. The normalized spacial score (nSPS) is 15.0. The zero-order valence-electron chi connectivity index (χ0n) is 8.05. The summed E-state index contributed by atoms with van der Waals surface area (Å²) in [6.45, 7) is 0.0617. The van der Waals surface area contributed by atoms with E-state index < -0.39 is 4.92 Å². The third-order valence-electron chi connectivity index (χ3n) is 2.19. The van der Waals surface area contributed by atoms with Crippen molar-refractivity contribution in [1.29, 1.82) is 0 Å². The molecule has 1 aromatic rings. The molecule has 1 saturated carbocycles. The summed E-state index contributed by atoms with van der Waals surface area (Å²) >= 11 is 0.